The van der Waals surface area contributed by atoms with Crippen molar-refractivity contribution in [3.8, 4) is 11.8 Å². The largest absolute Gasteiger partial charge is 0.506 e. The number of hydrogen-bond acceptors (Lipinski definition) is 4. The number of carbonyl (C=O) groups is 1. The molecule has 0 spiro atoms. The lowest BCUT2D eigenvalue weighted by Crippen LogP contribution is -2.14. The standard InChI is InChI=1S/C16H13ClN2O2S/c17-13-5-6-15(20)14(7-13)19-16(21)10-22-9-12-3-1-11(8-18)2-4-12/h1-7,20H,9-10H2,(H,19,21). The third-order valence-electron chi connectivity index (χ3n) is 2.82. The van der Waals surface area contributed by atoms with Crippen molar-refractivity contribution in [1.82, 2.24) is 0 Å². The number of halogens is 1. The van der Waals surface area contributed by atoms with E-state index >= 15 is 0 Å². The molecule has 2 rings (SSSR count). The Bertz CT molecular complexity index is 711. The van der Waals surface area contributed by atoms with Crippen LogP contribution in [0.3, 0.4) is 0 Å². The van der Waals surface area contributed by atoms with Crippen molar-refractivity contribution >= 4 is 35.0 Å². The van der Waals surface area contributed by atoms with Gasteiger partial charge in [-0.25, -0.2) is 0 Å². The highest BCUT2D eigenvalue weighted by Gasteiger charge is 2.07. The van der Waals surface area contributed by atoms with Crippen LogP contribution in [0.1, 0.15) is 11.1 Å². The number of phenolic OH excluding ortho intramolecular Hbond substituents is 1. The summed E-state index contributed by atoms with van der Waals surface area (Å²) in [6.07, 6.45) is 0. The number of nitrogens with zero attached hydrogens (tertiary/aromatic N) is 1. The molecule has 0 saturated carbocycles. The van der Waals surface area contributed by atoms with Crippen molar-refractivity contribution in [2.24, 2.45) is 0 Å². The van der Waals surface area contributed by atoms with Crippen molar-refractivity contribution in [3.05, 3.63) is 58.6 Å². The molecule has 0 bridgehead atoms. The number of anilines is 1. The minimum Gasteiger partial charge on any atom is -0.506 e. The van der Waals surface area contributed by atoms with Crippen LogP contribution in [-0.4, -0.2) is 16.8 Å². The Hall–Kier alpha value is -2.16. The quantitative estimate of drug-likeness (QED) is 0.817. The maximum absolute atomic E-state index is 11.8. The first kappa shape index (κ1) is 16.2. The van der Waals surface area contributed by atoms with Gasteiger partial charge in [-0.2, -0.15) is 5.26 Å². The SMILES string of the molecule is N#Cc1ccc(CSCC(=O)Nc2cc(Cl)ccc2O)cc1. The number of thioether (sulfide) groups is 1. The average Bonchev–Trinajstić information content (AvgIpc) is 2.51. The number of amides is 1. The Labute approximate surface area is 137 Å². The van der Waals surface area contributed by atoms with Gasteiger partial charge in [-0.3, -0.25) is 4.79 Å². The number of hydrogen-bond donors (Lipinski definition) is 2. The fraction of sp³-hybridized carbons (Fsp3) is 0.125. The second-order valence-electron chi connectivity index (χ2n) is 4.51. The van der Waals surface area contributed by atoms with E-state index in [2.05, 4.69) is 11.4 Å². The summed E-state index contributed by atoms with van der Waals surface area (Å²) in [5.74, 6) is 0.693. The minimum absolute atomic E-state index is 0.0187. The summed E-state index contributed by atoms with van der Waals surface area (Å²) >= 11 is 7.27. The first-order valence-corrected chi connectivity index (χ1v) is 7.97. The van der Waals surface area contributed by atoms with Gasteiger partial charge in [-0.05, 0) is 35.9 Å². The molecule has 0 heterocycles. The van der Waals surface area contributed by atoms with Crippen LogP contribution >= 0.6 is 23.4 Å². The van der Waals surface area contributed by atoms with Crippen molar-refractivity contribution in [2.45, 2.75) is 5.75 Å². The molecule has 1 amide bonds. The Kier molecular flexibility index (Phi) is 5.70. The van der Waals surface area contributed by atoms with E-state index in [1.165, 1.54) is 23.9 Å². The highest BCUT2D eigenvalue weighted by molar-refractivity contribution is 7.99. The lowest BCUT2D eigenvalue weighted by molar-refractivity contribution is -0.113. The van der Waals surface area contributed by atoms with Gasteiger partial charge in [-0.1, -0.05) is 23.7 Å². The predicted molar refractivity (Wildman–Crippen MR) is 89.1 cm³/mol. The molecule has 0 unspecified atom stereocenters. The Morgan fingerprint density at radius 3 is 2.68 bits per heavy atom. The summed E-state index contributed by atoms with van der Waals surface area (Å²) in [7, 11) is 0. The minimum atomic E-state index is -0.212. The summed E-state index contributed by atoms with van der Waals surface area (Å²) in [6, 6.07) is 13.8. The third kappa shape index (κ3) is 4.69. The van der Waals surface area contributed by atoms with Gasteiger partial charge in [-0.15, -0.1) is 11.8 Å². The number of nitrogens with one attached hydrogen (secondary N) is 1. The van der Waals surface area contributed by atoms with E-state index in [-0.39, 0.29) is 17.4 Å². The molecule has 0 saturated heterocycles. The number of benzene rings is 2. The predicted octanol–water partition coefficient (Wildman–Crippen LogP) is 3.79. The lowest BCUT2D eigenvalue weighted by atomic mass is 10.2. The summed E-state index contributed by atoms with van der Waals surface area (Å²) in [6.45, 7) is 0. The summed E-state index contributed by atoms with van der Waals surface area (Å²) in [5, 5.41) is 21.4. The normalized spacial score (nSPS) is 10.0. The van der Waals surface area contributed by atoms with Crippen LogP contribution in [0, 0.1) is 11.3 Å². The molecule has 0 aliphatic rings. The monoisotopic (exact) mass is 332 g/mol. The van der Waals surface area contributed by atoms with Gasteiger partial charge in [0, 0.05) is 10.8 Å². The van der Waals surface area contributed by atoms with Crippen LogP contribution in [0.15, 0.2) is 42.5 Å². The maximum Gasteiger partial charge on any atom is 0.234 e. The van der Waals surface area contributed by atoms with Crippen molar-refractivity contribution < 1.29 is 9.90 Å². The second kappa shape index (κ2) is 7.74. The molecule has 0 aliphatic carbocycles. The maximum atomic E-state index is 11.8. The summed E-state index contributed by atoms with van der Waals surface area (Å²) in [5.41, 5.74) is 1.96. The van der Waals surface area contributed by atoms with Gasteiger partial charge >= 0.3 is 0 Å². The van der Waals surface area contributed by atoms with Gasteiger partial charge in [0.2, 0.25) is 5.91 Å². The number of aromatic hydroxyl groups is 1. The van der Waals surface area contributed by atoms with E-state index in [9.17, 15) is 9.90 Å². The Morgan fingerprint density at radius 2 is 2.00 bits per heavy atom. The second-order valence-corrected chi connectivity index (χ2v) is 5.93. The lowest BCUT2D eigenvalue weighted by Gasteiger charge is -2.07. The Balaban J connectivity index is 1.82. The van der Waals surface area contributed by atoms with E-state index in [4.69, 9.17) is 16.9 Å². The van der Waals surface area contributed by atoms with Gasteiger partial charge in [0.05, 0.1) is 23.1 Å². The number of carbonyl (C=O) groups excluding carboxylic acids is 1. The zero-order valence-corrected chi connectivity index (χ0v) is 13.1. The molecule has 4 nitrogen and oxygen atoms in total. The number of rotatable bonds is 5. The highest BCUT2D eigenvalue weighted by Crippen LogP contribution is 2.26. The van der Waals surface area contributed by atoms with Crippen LogP contribution in [-0.2, 0) is 10.5 Å². The zero-order valence-electron chi connectivity index (χ0n) is 11.5. The van der Waals surface area contributed by atoms with Crippen molar-refractivity contribution in [1.29, 1.82) is 5.26 Å². The van der Waals surface area contributed by atoms with E-state index in [1.807, 2.05) is 12.1 Å². The molecular formula is C16H13ClN2O2S. The molecule has 0 aromatic heterocycles. The van der Waals surface area contributed by atoms with E-state index in [1.54, 1.807) is 18.2 Å². The highest BCUT2D eigenvalue weighted by atomic mass is 35.5. The molecule has 112 valence electrons. The topological polar surface area (TPSA) is 73.1 Å². The number of phenols is 1. The summed E-state index contributed by atoms with van der Waals surface area (Å²) in [4.78, 5) is 11.8. The van der Waals surface area contributed by atoms with Crippen LogP contribution in [0.2, 0.25) is 5.02 Å². The van der Waals surface area contributed by atoms with E-state index in [0.717, 1.165) is 5.56 Å². The molecule has 2 aromatic carbocycles. The molecule has 0 atom stereocenters. The molecule has 22 heavy (non-hydrogen) atoms. The van der Waals surface area contributed by atoms with Crippen LogP contribution in [0.4, 0.5) is 5.69 Å². The Morgan fingerprint density at radius 1 is 1.27 bits per heavy atom. The molecular weight excluding hydrogens is 320 g/mol. The van der Waals surface area contributed by atoms with Gasteiger partial charge in [0.15, 0.2) is 0 Å². The third-order valence-corrected chi connectivity index (χ3v) is 4.06. The van der Waals surface area contributed by atoms with Gasteiger partial charge < -0.3 is 10.4 Å². The van der Waals surface area contributed by atoms with Crippen LogP contribution in [0.5, 0.6) is 5.75 Å². The average molecular weight is 333 g/mol. The van der Waals surface area contributed by atoms with Crippen molar-refractivity contribution in [3.63, 3.8) is 0 Å². The van der Waals surface area contributed by atoms with Gasteiger partial charge in [0.25, 0.3) is 0 Å². The van der Waals surface area contributed by atoms with Crippen LogP contribution in [0.25, 0.3) is 0 Å². The first-order chi connectivity index (χ1) is 10.6. The molecule has 2 aromatic rings. The molecule has 0 fully saturated rings. The first-order valence-electron chi connectivity index (χ1n) is 6.43. The number of nitriles is 1. The smallest absolute Gasteiger partial charge is 0.234 e. The molecule has 6 heteroatoms. The van der Waals surface area contributed by atoms with E-state index < -0.39 is 0 Å². The molecule has 0 radical (unpaired) electrons. The van der Waals surface area contributed by atoms with Crippen LogP contribution < -0.4 is 5.32 Å². The van der Waals surface area contributed by atoms with E-state index in [0.29, 0.717) is 22.0 Å². The fourth-order valence-electron chi connectivity index (χ4n) is 1.73. The molecule has 0 aliphatic heterocycles. The summed E-state index contributed by atoms with van der Waals surface area (Å²) < 4.78 is 0. The molecule has 2 N–H and O–H groups in total. The van der Waals surface area contributed by atoms with Crippen molar-refractivity contribution in [2.75, 3.05) is 11.1 Å². The zero-order chi connectivity index (χ0) is 15.9. The van der Waals surface area contributed by atoms with Gasteiger partial charge in [0.1, 0.15) is 5.75 Å². The fourth-order valence-corrected chi connectivity index (χ4v) is 2.69.